The summed E-state index contributed by atoms with van der Waals surface area (Å²) in [5, 5.41) is 7.89. The van der Waals surface area contributed by atoms with Gasteiger partial charge in [-0.05, 0) is 6.92 Å². The molecule has 0 aromatic rings. The van der Waals surface area contributed by atoms with E-state index in [1.165, 1.54) is 23.6 Å². The molecular formula is C14H23Cl2O2Ti-. The van der Waals surface area contributed by atoms with Gasteiger partial charge in [0.05, 0.1) is 0 Å². The fourth-order valence-corrected chi connectivity index (χ4v) is 1.41. The van der Waals surface area contributed by atoms with E-state index < -0.39 is 5.97 Å². The van der Waals surface area contributed by atoms with E-state index >= 15 is 0 Å². The third-order valence-electron chi connectivity index (χ3n) is 2.93. The van der Waals surface area contributed by atoms with Crippen molar-refractivity contribution in [1.82, 2.24) is 0 Å². The normalized spacial score (nSPS) is 14.7. The van der Waals surface area contributed by atoms with E-state index in [-0.39, 0.29) is 57.5 Å². The van der Waals surface area contributed by atoms with Crippen molar-refractivity contribution in [2.24, 2.45) is 5.41 Å². The Morgan fingerprint density at radius 1 is 1.21 bits per heavy atom. The Balaban J connectivity index is -0.000000112. The molecule has 1 N–H and O–H groups in total. The van der Waals surface area contributed by atoms with Crippen LogP contribution in [-0.4, -0.2) is 11.1 Å². The van der Waals surface area contributed by atoms with E-state index in [2.05, 4.69) is 47.3 Å². The molecule has 0 aliphatic heterocycles. The van der Waals surface area contributed by atoms with Gasteiger partial charge in [-0.25, -0.2) is 10.4 Å². The van der Waals surface area contributed by atoms with Gasteiger partial charge in [-0.1, -0.05) is 39.7 Å². The van der Waals surface area contributed by atoms with Crippen LogP contribution >= 0.6 is 24.8 Å². The average Bonchev–Trinajstić information content (AvgIpc) is 2.30. The van der Waals surface area contributed by atoms with Crippen LogP contribution in [0, 0.1) is 11.5 Å². The summed E-state index contributed by atoms with van der Waals surface area (Å²) in [5.41, 5.74) is 4.57. The number of hydrogen-bond acceptors (Lipinski definition) is 1. The summed E-state index contributed by atoms with van der Waals surface area (Å²) < 4.78 is 0. The molecule has 0 saturated heterocycles. The second kappa shape index (κ2) is 10.7. The van der Waals surface area contributed by atoms with E-state index in [0.717, 1.165) is 0 Å². The molecule has 5 heteroatoms. The molecule has 1 aliphatic rings. The zero-order chi connectivity index (χ0) is 13.1. The van der Waals surface area contributed by atoms with Gasteiger partial charge in [-0.3, -0.25) is 6.08 Å². The van der Waals surface area contributed by atoms with Crippen LogP contribution < -0.4 is 0 Å². The molecule has 0 spiro atoms. The standard InChI is InChI=1S/C10H15.C4H6O2.2ClH.Ti/c1-7-6-10(4,5)9(3)8(7)2;1-3(2)4(5)6;;;/h1-5H3;1H2,2H3,(H,5,6);2*1H;/q-1;;;;. The molecule has 0 amide bonds. The van der Waals surface area contributed by atoms with Crippen LogP contribution in [-0.2, 0) is 26.5 Å². The van der Waals surface area contributed by atoms with E-state index in [1.54, 1.807) is 0 Å². The minimum atomic E-state index is -0.935. The fourth-order valence-electron chi connectivity index (χ4n) is 1.41. The number of allylic oxidation sites excluding steroid dienone is 4. The summed E-state index contributed by atoms with van der Waals surface area (Å²) in [4.78, 5) is 9.60. The number of carboxylic acids is 1. The zero-order valence-electron chi connectivity index (χ0n) is 12.4. The Labute approximate surface area is 144 Å². The molecule has 2 nitrogen and oxygen atoms in total. The number of halogens is 2. The van der Waals surface area contributed by atoms with Gasteiger partial charge in [-0.2, -0.15) is 11.1 Å². The number of hydrogen-bond donors (Lipinski definition) is 1. The van der Waals surface area contributed by atoms with Gasteiger partial charge in [0.1, 0.15) is 0 Å². The van der Waals surface area contributed by atoms with Gasteiger partial charge in [0.2, 0.25) is 0 Å². The van der Waals surface area contributed by atoms with Crippen LogP contribution in [0.5, 0.6) is 0 Å². The molecule has 0 fully saturated rings. The van der Waals surface area contributed by atoms with Gasteiger partial charge >= 0.3 is 5.97 Å². The van der Waals surface area contributed by atoms with Crippen molar-refractivity contribution in [3.8, 4) is 0 Å². The first kappa shape index (κ1) is 27.3. The SMILES string of the molecule is C=C(C)C(=O)O.CC1=[C-]C(C)(C)C(C)=C1C.Cl.Cl.[Ti]. The Kier molecular flexibility index (Phi) is 15.4. The van der Waals surface area contributed by atoms with Gasteiger partial charge in [0.15, 0.2) is 0 Å². The molecule has 0 aromatic heterocycles. The summed E-state index contributed by atoms with van der Waals surface area (Å²) in [6.07, 6.45) is 3.44. The summed E-state index contributed by atoms with van der Waals surface area (Å²) in [5.74, 6) is -0.935. The third-order valence-corrected chi connectivity index (χ3v) is 2.93. The topological polar surface area (TPSA) is 37.3 Å². The Hall–Kier alpha value is -0.0157. The van der Waals surface area contributed by atoms with Gasteiger partial charge < -0.3 is 5.11 Å². The van der Waals surface area contributed by atoms with Crippen molar-refractivity contribution in [1.29, 1.82) is 0 Å². The van der Waals surface area contributed by atoms with Gasteiger partial charge in [-0.15, -0.1) is 31.7 Å². The van der Waals surface area contributed by atoms with Crippen LogP contribution in [0.1, 0.15) is 41.5 Å². The van der Waals surface area contributed by atoms with Crippen LogP contribution in [0.2, 0.25) is 0 Å². The van der Waals surface area contributed by atoms with Crippen LogP contribution in [0.4, 0.5) is 0 Å². The van der Waals surface area contributed by atoms with Crippen molar-refractivity contribution >= 4 is 30.8 Å². The van der Waals surface area contributed by atoms with Crippen LogP contribution in [0.3, 0.4) is 0 Å². The quantitative estimate of drug-likeness (QED) is 0.430. The number of aliphatic carboxylic acids is 1. The predicted octanol–water partition coefficient (Wildman–Crippen LogP) is 4.60. The second-order valence-electron chi connectivity index (χ2n) is 4.71. The predicted molar refractivity (Wildman–Crippen MR) is 81.5 cm³/mol. The van der Waals surface area contributed by atoms with Crippen molar-refractivity contribution in [2.75, 3.05) is 0 Å². The minimum Gasteiger partial charge on any atom is -0.478 e. The molecular weight excluding hydrogens is 319 g/mol. The maximum Gasteiger partial charge on any atom is 0.330 e. The fraction of sp³-hybridized carbons (Fsp3) is 0.500. The molecule has 0 bridgehead atoms. The van der Waals surface area contributed by atoms with Crippen LogP contribution in [0.25, 0.3) is 0 Å². The van der Waals surface area contributed by atoms with Crippen molar-refractivity contribution in [2.45, 2.75) is 41.5 Å². The molecule has 1 rings (SSSR count). The summed E-state index contributed by atoms with van der Waals surface area (Å²) >= 11 is 0. The summed E-state index contributed by atoms with van der Waals surface area (Å²) in [6.45, 7) is 15.5. The average molecular weight is 342 g/mol. The van der Waals surface area contributed by atoms with Crippen molar-refractivity contribution in [3.63, 3.8) is 0 Å². The molecule has 0 saturated carbocycles. The maximum absolute atomic E-state index is 9.60. The Morgan fingerprint density at radius 2 is 1.53 bits per heavy atom. The van der Waals surface area contributed by atoms with Gasteiger partial charge in [0, 0.05) is 27.3 Å². The second-order valence-corrected chi connectivity index (χ2v) is 4.71. The Bertz CT molecular complexity index is 371. The molecule has 110 valence electrons. The van der Waals surface area contributed by atoms with E-state index in [4.69, 9.17) is 5.11 Å². The maximum atomic E-state index is 9.60. The first-order chi connectivity index (χ1) is 7.09. The largest absolute Gasteiger partial charge is 0.478 e. The first-order valence-electron chi connectivity index (χ1n) is 5.28. The first-order valence-corrected chi connectivity index (χ1v) is 5.28. The van der Waals surface area contributed by atoms with Gasteiger partial charge in [0.25, 0.3) is 0 Å². The monoisotopic (exact) mass is 341 g/mol. The summed E-state index contributed by atoms with van der Waals surface area (Å²) in [6, 6.07) is 0. The number of rotatable bonds is 1. The smallest absolute Gasteiger partial charge is 0.330 e. The molecule has 19 heavy (non-hydrogen) atoms. The zero-order valence-corrected chi connectivity index (χ0v) is 15.6. The molecule has 0 atom stereocenters. The molecule has 0 radical (unpaired) electrons. The minimum absolute atomic E-state index is 0. The molecule has 0 aromatic carbocycles. The molecule has 0 heterocycles. The molecule has 0 unspecified atom stereocenters. The van der Waals surface area contributed by atoms with E-state index in [9.17, 15) is 4.79 Å². The Morgan fingerprint density at radius 3 is 1.58 bits per heavy atom. The number of carbonyl (C=O) groups is 1. The number of carboxylic acid groups (broad SMARTS) is 1. The van der Waals surface area contributed by atoms with E-state index in [1.807, 2.05) is 0 Å². The van der Waals surface area contributed by atoms with Crippen LogP contribution in [0.15, 0.2) is 28.9 Å². The molecule has 1 aliphatic carbocycles. The van der Waals surface area contributed by atoms with E-state index in [0.29, 0.717) is 0 Å². The summed E-state index contributed by atoms with van der Waals surface area (Å²) in [7, 11) is 0. The third kappa shape index (κ3) is 8.70. The van der Waals surface area contributed by atoms with Crippen molar-refractivity contribution in [3.05, 3.63) is 34.9 Å². The van der Waals surface area contributed by atoms with Crippen molar-refractivity contribution < 1.29 is 31.6 Å².